The Kier molecular flexibility index (Phi) is 5.06. The van der Waals surface area contributed by atoms with E-state index in [1.807, 2.05) is 0 Å². The van der Waals surface area contributed by atoms with Gasteiger partial charge in [-0.15, -0.1) is 0 Å². The zero-order valence-corrected chi connectivity index (χ0v) is 14.5. The van der Waals surface area contributed by atoms with E-state index in [-0.39, 0.29) is 28.8 Å². The van der Waals surface area contributed by atoms with Crippen LogP contribution < -0.4 is 10.1 Å². The van der Waals surface area contributed by atoms with Crippen molar-refractivity contribution in [3.8, 4) is 5.75 Å². The van der Waals surface area contributed by atoms with Crippen LogP contribution in [0.25, 0.3) is 0 Å². The molecule has 0 unspecified atom stereocenters. The van der Waals surface area contributed by atoms with E-state index in [0.29, 0.717) is 5.56 Å². The highest BCUT2D eigenvalue weighted by atomic mass is 19.3. The molecule has 26 heavy (non-hydrogen) atoms. The lowest BCUT2D eigenvalue weighted by Gasteiger charge is -2.24. The normalized spacial score (nSPS) is 14.2. The lowest BCUT2D eigenvalue weighted by molar-refractivity contribution is -0.0500. The predicted octanol–water partition coefficient (Wildman–Crippen LogP) is 2.31. The second kappa shape index (κ2) is 7.27. The zero-order valence-electron chi connectivity index (χ0n) is 14.5. The van der Waals surface area contributed by atoms with E-state index in [1.54, 1.807) is 17.9 Å². The van der Waals surface area contributed by atoms with Crippen LogP contribution >= 0.6 is 0 Å². The summed E-state index contributed by atoms with van der Waals surface area (Å²) in [5, 5.41) is 7.04. The van der Waals surface area contributed by atoms with Gasteiger partial charge in [-0.25, -0.2) is 0 Å². The van der Waals surface area contributed by atoms with Crippen LogP contribution in [0.3, 0.4) is 0 Å². The maximum absolute atomic E-state index is 12.6. The average molecular weight is 361 g/mol. The number of rotatable bonds is 6. The van der Waals surface area contributed by atoms with E-state index in [2.05, 4.69) is 15.2 Å². The lowest BCUT2D eigenvalue weighted by atomic mass is 9.81. The largest absolute Gasteiger partial charge is 0.434 e. The molecule has 9 heteroatoms. The number of hydrogen-bond donors (Lipinski definition) is 1. The first-order valence-corrected chi connectivity index (χ1v) is 8.30. The predicted molar refractivity (Wildman–Crippen MR) is 93.7 cm³/mol. The summed E-state index contributed by atoms with van der Waals surface area (Å²) in [5.41, 5.74) is 1.10. The number of carbonyl (C=O) groups excluding carboxylic acids is 2. The lowest BCUT2D eigenvalue weighted by Crippen LogP contribution is -2.18. The van der Waals surface area contributed by atoms with E-state index >= 15 is 0 Å². The summed E-state index contributed by atoms with van der Waals surface area (Å²) in [5.74, 6) is -0.371. The standard InChI is InChI=1S/C17H18BF2N3O3/c1-23-8-12(14(22-23)9-3-2-4-9)16(25)21-10-5-6-11(15(18)24)13(7-10)26-17(19)20/h5-9,17H,2-4,18H2,1H3,(H,21,25). The minimum Gasteiger partial charge on any atom is -0.434 e. The number of aromatic nitrogens is 2. The molecule has 1 heterocycles. The van der Waals surface area contributed by atoms with Crippen molar-refractivity contribution in [2.24, 2.45) is 7.05 Å². The molecule has 1 aliphatic rings. The highest BCUT2D eigenvalue weighted by Crippen LogP contribution is 2.37. The molecule has 0 radical (unpaired) electrons. The van der Waals surface area contributed by atoms with Crippen LogP contribution in [0.4, 0.5) is 14.5 Å². The van der Waals surface area contributed by atoms with Crippen molar-refractivity contribution in [2.45, 2.75) is 31.8 Å². The number of alkyl halides is 2. The third-order valence-electron chi connectivity index (χ3n) is 4.43. The second-order valence-electron chi connectivity index (χ2n) is 6.33. The van der Waals surface area contributed by atoms with Gasteiger partial charge in [0.15, 0.2) is 7.85 Å². The van der Waals surface area contributed by atoms with Crippen LogP contribution in [0.1, 0.15) is 51.6 Å². The Morgan fingerprint density at radius 1 is 1.35 bits per heavy atom. The number of anilines is 1. The van der Waals surface area contributed by atoms with Crippen molar-refractivity contribution >= 4 is 25.1 Å². The van der Waals surface area contributed by atoms with Gasteiger partial charge in [-0.3, -0.25) is 9.48 Å². The number of carbonyl (C=O) groups is 2. The van der Waals surface area contributed by atoms with Gasteiger partial charge >= 0.3 is 6.61 Å². The summed E-state index contributed by atoms with van der Waals surface area (Å²) in [7, 11) is 3.00. The molecule has 0 spiro atoms. The van der Waals surface area contributed by atoms with E-state index in [4.69, 9.17) is 0 Å². The van der Waals surface area contributed by atoms with E-state index in [1.165, 1.54) is 26.0 Å². The Hall–Kier alpha value is -2.71. The first-order valence-electron chi connectivity index (χ1n) is 8.30. The Bertz CT molecular complexity index is 850. The van der Waals surface area contributed by atoms with Crippen molar-refractivity contribution in [2.75, 3.05) is 5.32 Å². The van der Waals surface area contributed by atoms with Gasteiger partial charge in [0.1, 0.15) is 11.4 Å². The van der Waals surface area contributed by atoms with Gasteiger partial charge in [-0.1, -0.05) is 6.42 Å². The molecule has 1 amide bonds. The molecule has 0 aliphatic heterocycles. The quantitative estimate of drug-likeness (QED) is 0.802. The van der Waals surface area contributed by atoms with Crippen LogP contribution in [-0.2, 0) is 7.05 Å². The van der Waals surface area contributed by atoms with Gasteiger partial charge in [-0.2, -0.15) is 13.9 Å². The van der Waals surface area contributed by atoms with E-state index in [9.17, 15) is 18.4 Å². The molecule has 1 aromatic heterocycles. The Labute approximate surface area is 149 Å². The van der Waals surface area contributed by atoms with Crippen molar-refractivity contribution in [3.05, 3.63) is 41.2 Å². The second-order valence-corrected chi connectivity index (χ2v) is 6.33. The van der Waals surface area contributed by atoms with Gasteiger partial charge < -0.3 is 14.8 Å². The molecule has 1 saturated carbocycles. The van der Waals surface area contributed by atoms with Crippen molar-refractivity contribution in [1.82, 2.24) is 9.78 Å². The van der Waals surface area contributed by atoms with Crippen LogP contribution in [0.5, 0.6) is 5.75 Å². The number of nitrogens with one attached hydrogen (secondary N) is 1. The van der Waals surface area contributed by atoms with Crippen molar-refractivity contribution in [3.63, 3.8) is 0 Å². The number of halogens is 2. The molecular weight excluding hydrogens is 343 g/mol. The third-order valence-corrected chi connectivity index (χ3v) is 4.43. The fraction of sp³-hybridized carbons (Fsp3) is 0.353. The van der Waals surface area contributed by atoms with E-state index < -0.39 is 12.3 Å². The maximum Gasteiger partial charge on any atom is 0.387 e. The molecule has 1 fully saturated rings. The Balaban J connectivity index is 1.84. The summed E-state index contributed by atoms with van der Waals surface area (Å²) in [6.07, 6.45) is 4.75. The smallest absolute Gasteiger partial charge is 0.387 e. The summed E-state index contributed by atoms with van der Waals surface area (Å²) in [6, 6.07) is 4.05. The third kappa shape index (κ3) is 3.76. The Morgan fingerprint density at radius 2 is 2.08 bits per heavy atom. The average Bonchev–Trinajstić information content (AvgIpc) is 2.86. The van der Waals surface area contributed by atoms with Gasteiger partial charge in [0.25, 0.3) is 5.91 Å². The molecule has 136 valence electrons. The molecule has 2 aromatic rings. The minimum absolute atomic E-state index is 0.0276. The number of aryl methyl sites for hydroxylation is 1. The first kappa shape index (κ1) is 18.1. The molecule has 1 aromatic carbocycles. The fourth-order valence-corrected chi connectivity index (χ4v) is 2.95. The van der Waals surface area contributed by atoms with Crippen molar-refractivity contribution < 1.29 is 23.1 Å². The van der Waals surface area contributed by atoms with E-state index in [0.717, 1.165) is 25.0 Å². The summed E-state index contributed by atoms with van der Waals surface area (Å²) in [4.78, 5) is 24.2. The highest BCUT2D eigenvalue weighted by molar-refractivity contribution is 6.62. The number of amides is 1. The van der Waals surface area contributed by atoms with Gasteiger partial charge in [0.05, 0.1) is 11.3 Å². The summed E-state index contributed by atoms with van der Waals surface area (Å²) in [6.45, 7) is -3.07. The monoisotopic (exact) mass is 361 g/mol. The molecule has 3 rings (SSSR count). The van der Waals surface area contributed by atoms with Gasteiger partial charge in [0.2, 0.25) is 0 Å². The van der Waals surface area contributed by atoms with Crippen LogP contribution in [0.15, 0.2) is 24.4 Å². The number of hydrogen-bond acceptors (Lipinski definition) is 4. The molecular formula is C17H18BF2N3O3. The summed E-state index contributed by atoms with van der Waals surface area (Å²) < 4.78 is 31.2. The topological polar surface area (TPSA) is 73.2 Å². The molecule has 1 N–H and O–H groups in total. The van der Waals surface area contributed by atoms with Gasteiger partial charge in [0, 0.05) is 36.5 Å². The zero-order chi connectivity index (χ0) is 18.8. The van der Waals surface area contributed by atoms with Crippen LogP contribution in [-0.4, -0.2) is 35.8 Å². The molecule has 0 saturated heterocycles. The molecule has 0 bridgehead atoms. The van der Waals surface area contributed by atoms with Gasteiger partial charge in [-0.05, 0) is 25.0 Å². The SMILES string of the molecule is BC(=O)c1ccc(NC(=O)c2cn(C)nc2C2CCC2)cc1OC(F)F. The fourth-order valence-electron chi connectivity index (χ4n) is 2.95. The highest BCUT2D eigenvalue weighted by Gasteiger charge is 2.28. The Morgan fingerprint density at radius 3 is 2.65 bits per heavy atom. The van der Waals surface area contributed by atoms with Crippen LogP contribution in [0, 0.1) is 0 Å². The first-order chi connectivity index (χ1) is 12.3. The number of nitrogens with zero attached hydrogens (tertiary/aromatic N) is 2. The molecule has 6 nitrogen and oxygen atoms in total. The summed E-state index contributed by atoms with van der Waals surface area (Å²) >= 11 is 0. The van der Waals surface area contributed by atoms with Crippen LogP contribution in [0.2, 0.25) is 0 Å². The maximum atomic E-state index is 12.6. The minimum atomic E-state index is -3.07. The number of ether oxygens (including phenoxy) is 1. The van der Waals surface area contributed by atoms with Crippen molar-refractivity contribution in [1.29, 1.82) is 0 Å². The molecule has 0 atom stereocenters. The molecule has 1 aliphatic carbocycles. The number of benzene rings is 1.